The average molecular weight is 317 g/mol. The Balaban J connectivity index is 1.61. The van der Waals surface area contributed by atoms with E-state index in [4.69, 9.17) is 10.5 Å². The van der Waals surface area contributed by atoms with Crippen molar-refractivity contribution in [2.75, 3.05) is 31.6 Å². The highest BCUT2D eigenvalue weighted by Gasteiger charge is 2.36. The van der Waals surface area contributed by atoms with Gasteiger partial charge in [-0.25, -0.2) is 0 Å². The maximum Gasteiger partial charge on any atom is 0.244 e. The van der Waals surface area contributed by atoms with Crippen molar-refractivity contribution in [1.82, 2.24) is 4.90 Å². The maximum atomic E-state index is 12.3. The molecule has 23 heavy (non-hydrogen) atoms. The highest BCUT2D eigenvalue weighted by atomic mass is 16.5. The minimum Gasteiger partial charge on any atom is -0.379 e. The van der Waals surface area contributed by atoms with Crippen molar-refractivity contribution in [3.63, 3.8) is 0 Å². The number of carbonyl (C=O) groups is 1. The van der Waals surface area contributed by atoms with Crippen LogP contribution in [0.5, 0.6) is 0 Å². The summed E-state index contributed by atoms with van der Waals surface area (Å²) in [5, 5.41) is 2.97. The molecule has 1 aromatic rings. The van der Waals surface area contributed by atoms with Gasteiger partial charge in [-0.3, -0.25) is 9.69 Å². The van der Waals surface area contributed by atoms with Crippen LogP contribution < -0.4 is 11.1 Å². The number of carbonyl (C=O) groups excluding carboxylic acids is 1. The van der Waals surface area contributed by atoms with Crippen molar-refractivity contribution in [2.24, 2.45) is 5.73 Å². The van der Waals surface area contributed by atoms with E-state index in [1.54, 1.807) is 0 Å². The molecule has 5 heteroatoms. The van der Waals surface area contributed by atoms with Crippen LogP contribution in [0.4, 0.5) is 5.69 Å². The number of hydrogen-bond acceptors (Lipinski definition) is 4. The van der Waals surface area contributed by atoms with Crippen molar-refractivity contribution in [2.45, 2.75) is 44.2 Å². The molecule has 1 saturated carbocycles. The molecular formula is C18H27N3O2. The second kappa shape index (κ2) is 6.99. The van der Waals surface area contributed by atoms with Gasteiger partial charge in [-0.15, -0.1) is 0 Å². The van der Waals surface area contributed by atoms with Crippen molar-refractivity contribution in [1.29, 1.82) is 0 Å². The molecule has 1 heterocycles. The summed E-state index contributed by atoms with van der Waals surface area (Å²) in [5.41, 5.74) is 7.60. The smallest absolute Gasteiger partial charge is 0.244 e. The fourth-order valence-electron chi connectivity index (χ4n) is 3.51. The summed E-state index contributed by atoms with van der Waals surface area (Å²) in [7, 11) is 0. The molecule has 5 nitrogen and oxygen atoms in total. The average Bonchev–Trinajstić information content (AvgIpc) is 3.04. The molecule has 0 spiro atoms. The molecule has 126 valence electrons. The molecule has 1 saturated heterocycles. The van der Waals surface area contributed by atoms with E-state index in [1.807, 2.05) is 12.1 Å². The maximum absolute atomic E-state index is 12.3. The monoisotopic (exact) mass is 317 g/mol. The molecule has 1 atom stereocenters. The van der Waals surface area contributed by atoms with Crippen LogP contribution in [0, 0.1) is 0 Å². The summed E-state index contributed by atoms with van der Waals surface area (Å²) in [5.74, 6) is -0.0519. The van der Waals surface area contributed by atoms with Crippen LogP contribution in [0.1, 0.15) is 44.2 Å². The van der Waals surface area contributed by atoms with E-state index in [0.29, 0.717) is 6.04 Å². The molecule has 0 radical (unpaired) electrons. The topological polar surface area (TPSA) is 67.6 Å². The van der Waals surface area contributed by atoms with E-state index in [0.717, 1.165) is 57.7 Å². The number of nitrogens with two attached hydrogens (primary N) is 1. The van der Waals surface area contributed by atoms with Crippen LogP contribution in [0.2, 0.25) is 0 Å². The van der Waals surface area contributed by atoms with Crippen molar-refractivity contribution in [3.8, 4) is 0 Å². The Bertz CT molecular complexity index is 532. The third kappa shape index (κ3) is 3.74. The summed E-state index contributed by atoms with van der Waals surface area (Å²) in [6.45, 7) is 5.76. The van der Waals surface area contributed by atoms with Crippen LogP contribution in [0.15, 0.2) is 24.3 Å². The molecule has 2 aliphatic rings. The SMILES string of the molecule is CC(c1ccc(NC(=O)C2(N)CCCC2)cc1)N1CCOCC1. The van der Waals surface area contributed by atoms with Gasteiger partial charge in [0.15, 0.2) is 0 Å². The largest absolute Gasteiger partial charge is 0.379 e. The van der Waals surface area contributed by atoms with Crippen LogP contribution in [0.3, 0.4) is 0 Å². The molecule has 1 aliphatic heterocycles. The number of hydrogen-bond donors (Lipinski definition) is 2. The number of rotatable bonds is 4. The van der Waals surface area contributed by atoms with Gasteiger partial charge in [0.05, 0.1) is 18.8 Å². The molecule has 2 fully saturated rings. The first kappa shape index (κ1) is 16.4. The van der Waals surface area contributed by atoms with E-state index in [1.165, 1.54) is 5.56 Å². The second-order valence-electron chi connectivity index (χ2n) is 6.76. The minimum atomic E-state index is -0.681. The van der Waals surface area contributed by atoms with Gasteiger partial charge in [-0.2, -0.15) is 0 Å². The minimum absolute atomic E-state index is 0.0519. The molecular weight excluding hydrogens is 290 g/mol. The molecule has 1 unspecified atom stereocenters. The number of benzene rings is 1. The van der Waals surface area contributed by atoms with Gasteiger partial charge in [-0.05, 0) is 37.5 Å². The van der Waals surface area contributed by atoms with Gasteiger partial charge in [0.2, 0.25) is 5.91 Å². The van der Waals surface area contributed by atoms with E-state index in [-0.39, 0.29) is 5.91 Å². The predicted molar refractivity (Wildman–Crippen MR) is 91.3 cm³/mol. The molecule has 1 amide bonds. The van der Waals surface area contributed by atoms with E-state index >= 15 is 0 Å². The first-order valence-corrected chi connectivity index (χ1v) is 8.61. The van der Waals surface area contributed by atoms with Gasteiger partial charge in [0, 0.05) is 24.8 Å². The normalized spacial score (nSPS) is 22.7. The summed E-state index contributed by atoms with van der Waals surface area (Å²) >= 11 is 0. The molecule has 1 aliphatic carbocycles. The lowest BCUT2D eigenvalue weighted by Crippen LogP contribution is -2.48. The summed E-state index contributed by atoms with van der Waals surface area (Å²) in [6.07, 6.45) is 3.65. The Kier molecular flexibility index (Phi) is 4.99. The number of nitrogens with one attached hydrogen (secondary N) is 1. The van der Waals surface area contributed by atoms with Crippen molar-refractivity contribution in [3.05, 3.63) is 29.8 Å². The van der Waals surface area contributed by atoms with Crippen LogP contribution in [-0.2, 0) is 9.53 Å². The Morgan fingerprint density at radius 2 is 1.83 bits per heavy atom. The van der Waals surface area contributed by atoms with Gasteiger partial charge in [-0.1, -0.05) is 25.0 Å². The zero-order valence-corrected chi connectivity index (χ0v) is 13.9. The Hall–Kier alpha value is -1.43. The lowest BCUT2D eigenvalue weighted by molar-refractivity contribution is -0.121. The lowest BCUT2D eigenvalue weighted by atomic mass is 9.98. The third-order valence-corrected chi connectivity index (χ3v) is 5.19. The fourth-order valence-corrected chi connectivity index (χ4v) is 3.51. The third-order valence-electron chi connectivity index (χ3n) is 5.19. The summed E-state index contributed by atoms with van der Waals surface area (Å²) < 4.78 is 5.41. The van der Waals surface area contributed by atoms with Crippen molar-refractivity contribution < 1.29 is 9.53 Å². The van der Waals surface area contributed by atoms with Crippen LogP contribution in [0.25, 0.3) is 0 Å². The number of anilines is 1. The Morgan fingerprint density at radius 3 is 2.43 bits per heavy atom. The molecule has 3 N–H and O–H groups in total. The molecule has 0 bridgehead atoms. The van der Waals surface area contributed by atoms with Gasteiger partial charge in [0.25, 0.3) is 0 Å². The Labute approximate surface area is 138 Å². The lowest BCUT2D eigenvalue weighted by Gasteiger charge is -2.32. The predicted octanol–water partition coefficient (Wildman–Crippen LogP) is 2.29. The molecule has 3 rings (SSSR count). The zero-order chi connectivity index (χ0) is 16.3. The summed E-state index contributed by atoms with van der Waals surface area (Å²) in [6, 6.07) is 8.49. The van der Waals surface area contributed by atoms with Gasteiger partial charge >= 0.3 is 0 Å². The molecule has 1 aromatic carbocycles. The Morgan fingerprint density at radius 1 is 1.22 bits per heavy atom. The van der Waals surface area contributed by atoms with E-state index in [9.17, 15) is 4.79 Å². The van der Waals surface area contributed by atoms with Gasteiger partial charge < -0.3 is 15.8 Å². The van der Waals surface area contributed by atoms with Crippen LogP contribution in [-0.4, -0.2) is 42.6 Å². The first-order valence-electron chi connectivity index (χ1n) is 8.61. The van der Waals surface area contributed by atoms with Gasteiger partial charge in [0.1, 0.15) is 0 Å². The number of amides is 1. The highest BCUT2D eigenvalue weighted by Crippen LogP contribution is 2.29. The summed E-state index contributed by atoms with van der Waals surface area (Å²) in [4.78, 5) is 14.8. The van der Waals surface area contributed by atoms with Crippen molar-refractivity contribution >= 4 is 11.6 Å². The van der Waals surface area contributed by atoms with E-state index < -0.39 is 5.54 Å². The highest BCUT2D eigenvalue weighted by molar-refractivity contribution is 5.98. The standard InChI is InChI=1S/C18H27N3O2/c1-14(21-10-12-23-13-11-21)15-4-6-16(7-5-15)20-17(22)18(19)8-2-3-9-18/h4-7,14H,2-3,8-13,19H2,1H3,(H,20,22). The quantitative estimate of drug-likeness (QED) is 0.894. The number of morpholine rings is 1. The first-order chi connectivity index (χ1) is 11.1. The second-order valence-corrected chi connectivity index (χ2v) is 6.76. The fraction of sp³-hybridized carbons (Fsp3) is 0.611. The zero-order valence-electron chi connectivity index (χ0n) is 13.9. The number of nitrogens with zero attached hydrogens (tertiary/aromatic N) is 1. The van der Waals surface area contributed by atoms with Crippen LogP contribution >= 0.6 is 0 Å². The number of ether oxygens (including phenoxy) is 1. The molecule has 0 aromatic heterocycles. The van der Waals surface area contributed by atoms with E-state index in [2.05, 4.69) is 29.3 Å².